The average Bonchev–Trinajstić information content (AvgIpc) is 2.66. The van der Waals surface area contributed by atoms with Gasteiger partial charge in [-0.3, -0.25) is 14.9 Å². The van der Waals surface area contributed by atoms with Crippen molar-refractivity contribution in [3.63, 3.8) is 0 Å². The van der Waals surface area contributed by atoms with E-state index in [9.17, 15) is 14.4 Å². The molecule has 0 saturated heterocycles. The van der Waals surface area contributed by atoms with Crippen LogP contribution in [0.4, 0.5) is 4.79 Å². The fourth-order valence-electron chi connectivity index (χ4n) is 3.58. The van der Waals surface area contributed by atoms with E-state index >= 15 is 0 Å². The van der Waals surface area contributed by atoms with E-state index in [2.05, 4.69) is 58.3 Å². The normalized spacial score (nSPS) is 16.3. The maximum Gasteiger partial charge on any atom is 0.407 e. The van der Waals surface area contributed by atoms with Gasteiger partial charge < -0.3 is 14.5 Å². The SMILES string of the molecule is CC[C@H](C)C(=O)NC(=O)C(C[C@H](O[Si](C)(C)C(C)(C)C)[C@H](CC(C)C)NC(=O)OC(C)(C)C)C(C)C. The van der Waals surface area contributed by atoms with Crippen molar-refractivity contribution >= 4 is 26.2 Å². The van der Waals surface area contributed by atoms with Gasteiger partial charge in [0.1, 0.15) is 5.60 Å². The van der Waals surface area contributed by atoms with E-state index in [-0.39, 0.29) is 40.6 Å². The van der Waals surface area contributed by atoms with E-state index in [4.69, 9.17) is 9.16 Å². The molecule has 212 valence electrons. The predicted molar refractivity (Wildman–Crippen MR) is 150 cm³/mol. The van der Waals surface area contributed by atoms with Crippen molar-refractivity contribution in [1.82, 2.24) is 10.6 Å². The third-order valence-electron chi connectivity index (χ3n) is 7.06. The summed E-state index contributed by atoms with van der Waals surface area (Å²) in [5, 5.41) is 5.64. The lowest BCUT2D eigenvalue weighted by Crippen LogP contribution is -2.54. The van der Waals surface area contributed by atoms with Crippen LogP contribution < -0.4 is 10.6 Å². The summed E-state index contributed by atoms with van der Waals surface area (Å²) in [6.07, 6.45) is 0.846. The summed E-state index contributed by atoms with van der Waals surface area (Å²) < 4.78 is 12.5. The smallest absolute Gasteiger partial charge is 0.407 e. The molecule has 0 spiro atoms. The lowest BCUT2D eigenvalue weighted by Gasteiger charge is -2.43. The van der Waals surface area contributed by atoms with Gasteiger partial charge in [0.25, 0.3) is 0 Å². The topological polar surface area (TPSA) is 93.7 Å². The number of hydrogen-bond donors (Lipinski definition) is 2. The molecule has 36 heavy (non-hydrogen) atoms. The number of amides is 3. The first-order chi connectivity index (χ1) is 16.1. The second-order valence-electron chi connectivity index (χ2n) is 13.5. The van der Waals surface area contributed by atoms with Crippen LogP contribution in [0.25, 0.3) is 0 Å². The first-order valence-corrected chi connectivity index (χ1v) is 16.5. The van der Waals surface area contributed by atoms with Crippen molar-refractivity contribution in [2.75, 3.05) is 0 Å². The Labute approximate surface area is 222 Å². The quantitative estimate of drug-likeness (QED) is 0.276. The van der Waals surface area contributed by atoms with Crippen LogP contribution in [0.2, 0.25) is 18.1 Å². The Morgan fingerprint density at radius 2 is 1.39 bits per heavy atom. The Morgan fingerprint density at radius 1 is 0.861 bits per heavy atom. The van der Waals surface area contributed by atoms with Crippen molar-refractivity contribution in [1.29, 1.82) is 0 Å². The zero-order valence-corrected chi connectivity index (χ0v) is 26.6. The summed E-state index contributed by atoms with van der Waals surface area (Å²) in [6, 6.07) is -0.340. The number of imide groups is 1. The molecule has 0 aromatic rings. The Balaban J connectivity index is 6.26. The minimum absolute atomic E-state index is 0.0125. The molecule has 0 heterocycles. The van der Waals surface area contributed by atoms with Gasteiger partial charge in [0, 0.05) is 11.8 Å². The van der Waals surface area contributed by atoms with E-state index in [1.165, 1.54) is 0 Å². The predicted octanol–water partition coefficient (Wildman–Crippen LogP) is 6.67. The molecule has 8 heteroatoms. The van der Waals surface area contributed by atoms with Crippen LogP contribution in [0, 0.1) is 23.7 Å². The van der Waals surface area contributed by atoms with E-state index in [1.54, 1.807) is 0 Å². The molecule has 0 radical (unpaired) electrons. The molecule has 0 aromatic heterocycles. The molecule has 4 atom stereocenters. The Morgan fingerprint density at radius 3 is 1.78 bits per heavy atom. The highest BCUT2D eigenvalue weighted by Crippen LogP contribution is 2.39. The number of hydrogen-bond acceptors (Lipinski definition) is 5. The zero-order chi connectivity index (χ0) is 28.6. The van der Waals surface area contributed by atoms with Gasteiger partial charge in [-0.05, 0) is 70.0 Å². The van der Waals surface area contributed by atoms with Crippen LogP contribution >= 0.6 is 0 Å². The van der Waals surface area contributed by atoms with E-state index in [0.29, 0.717) is 19.3 Å². The first-order valence-electron chi connectivity index (χ1n) is 13.6. The molecule has 0 aromatic carbocycles. The standard InChI is InChI=1S/C28H56N2O5Si/c1-15-20(6)24(31)30-25(32)21(19(4)5)17-23(35-36(13,14)28(10,11)12)22(16-18(2)3)29-26(33)34-27(7,8)9/h18-23H,15-17H2,1-14H3,(H,29,33)(H,30,31,32)/t20-,21?,22-,23-/m0/s1. The van der Waals surface area contributed by atoms with Gasteiger partial charge in [-0.1, -0.05) is 62.3 Å². The third kappa shape index (κ3) is 12.2. The van der Waals surface area contributed by atoms with Crippen LogP contribution in [0.3, 0.4) is 0 Å². The summed E-state index contributed by atoms with van der Waals surface area (Å²) in [7, 11) is -2.26. The minimum atomic E-state index is -2.26. The third-order valence-corrected chi connectivity index (χ3v) is 11.6. The zero-order valence-electron chi connectivity index (χ0n) is 25.6. The van der Waals surface area contributed by atoms with Gasteiger partial charge >= 0.3 is 6.09 Å². The maximum atomic E-state index is 13.3. The molecule has 0 bridgehead atoms. The Kier molecular flexibility index (Phi) is 13.4. The fraction of sp³-hybridized carbons (Fsp3) is 0.893. The number of carbonyl (C=O) groups excluding carboxylic acids is 3. The number of carbonyl (C=O) groups is 3. The van der Waals surface area contributed by atoms with Crippen LogP contribution in [0.5, 0.6) is 0 Å². The van der Waals surface area contributed by atoms with Crippen molar-refractivity contribution in [3.8, 4) is 0 Å². The largest absolute Gasteiger partial charge is 0.444 e. The summed E-state index contributed by atoms with van der Waals surface area (Å²) in [6.45, 7) is 28.3. The number of alkyl carbamates (subject to hydrolysis) is 1. The summed E-state index contributed by atoms with van der Waals surface area (Å²) >= 11 is 0. The lowest BCUT2D eigenvalue weighted by atomic mass is 9.85. The highest BCUT2D eigenvalue weighted by atomic mass is 28.4. The van der Waals surface area contributed by atoms with Gasteiger partial charge in [-0.15, -0.1) is 0 Å². The fourth-order valence-corrected chi connectivity index (χ4v) is 4.95. The second kappa shape index (κ2) is 13.9. The molecule has 0 fully saturated rings. The Hall–Kier alpha value is -1.41. The van der Waals surface area contributed by atoms with E-state index in [1.807, 2.05) is 48.5 Å². The van der Waals surface area contributed by atoms with E-state index in [0.717, 1.165) is 0 Å². The lowest BCUT2D eigenvalue weighted by molar-refractivity contribution is -0.136. The molecule has 1 unspecified atom stereocenters. The molecular formula is C28H56N2O5Si. The van der Waals surface area contributed by atoms with Crippen LogP contribution in [0.15, 0.2) is 0 Å². The van der Waals surface area contributed by atoms with E-state index < -0.39 is 32.0 Å². The Bertz CT molecular complexity index is 722. The van der Waals surface area contributed by atoms with Crippen molar-refractivity contribution in [2.24, 2.45) is 23.7 Å². The highest BCUT2D eigenvalue weighted by molar-refractivity contribution is 6.74. The summed E-state index contributed by atoms with van der Waals surface area (Å²) in [4.78, 5) is 38.6. The summed E-state index contributed by atoms with van der Waals surface area (Å²) in [5.74, 6) is -0.929. The van der Waals surface area contributed by atoms with Gasteiger partial charge in [0.15, 0.2) is 8.32 Å². The number of nitrogens with one attached hydrogen (secondary N) is 2. The van der Waals surface area contributed by atoms with Gasteiger partial charge in [0.05, 0.1) is 12.1 Å². The van der Waals surface area contributed by atoms with Crippen molar-refractivity contribution < 1.29 is 23.5 Å². The van der Waals surface area contributed by atoms with Crippen molar-refractivity contribution in [2.45, 2.75) is 138 Å². The molecule has 0 rings (SSSR count). The van der Waals surface area contributed by atoms with Gasteiger partial charge in [0.2, 0.25) is 11.8 Å². The average molecular weight is 529 g/mol. The molecule has 0 aliphatic rings. The van der Waals surface area contributed by atoms with Crippen LogP contribution in [-0.4, -0.2) is 44.0 Å². The molecule has 0 saturated carbocycles. The highest BCUT2D eigenvalue weighted by Gasteiger charge is 2.43. The maximum absolute atomic E-state index is 13.3. The first kappa shape index (κ1) is 34.6. The molecule has 2 N–H and O–H groups in total. The van der Waals surface area contributed by atoms with Crippen LogP contribution in [0.1, 0.15) is 102 Å². The molecule has 7 nitrogen and oxygen atoms in total. The molecular weight excluding hydrogens is 472 g/mol. The molecule has 0 aliphatic heterocycles. The van der Waals surface area contributed by atoms with Crippen LogP contribution in [-0.2, 0) is 18.8 Å². The second-order valence-corrected chi connectivity index (χ2v) is 18.3. The number of ether oxygens (including phenoxy) is 1. The monoisotopic (exact) mass is 528 g/mol. The summed E-state index contributed by atoms with van der Waals surface area (Å²) in [5.41, 5.74) is -0.626. The number of rotatable bonds is 12. The minimum Gasteiger partial charge on any atom is -0.444 e. The van der Waals surface area contributed by atoms with Gasteiger partial charge in [-0.2, -0.15) is 0 Å². The molecule has 0 aliphatic carbocycles. The van der Waals surface area contributed by atoms with Gasteiger partial charge in [-0.25, -0.2) is 4.79 Å². The molecule has 3 amide bonds. The van der Waals surface area contributed by atoms with Crippen molar-refractivity contribution in [3.05, 3.63) is 0 Å².